The average molecular weight is 328 g/mol. The van der Waals surface area contributed by atoms with Crippen LogP contribution in [-0.4, -0.2) is 34.6 Å². The Labute approximate surface area is 142 Å². The minimum Gasteiger partial charge on any atom is -0.324 e. The average Bonchev–Trinajstić information content (AvgIpc) is 2.67. The van der Waals surface area contributed by atoms with Crippen LogP contribution in [0.3, 0.4) is 0 Å². The van der Waals surface area contributed by atoms with Crippen molar-refractivity contribution in [3.63, 3.8) is 0 Å². The molecule has 2 heterocycles. The zero-order chi connectivity index (χ0) is 17.9. The Kier molecular flexibility index (Phi) is 8.46. The van der Waals surface area contributed by atoms with Gasteiger partial charge in [0.2, 0.25) is 0 Å². The predicted octanol–water partition coefficient (Wildman–Crippen LogP) is 1.43. The summed E-state index contributed by atoms with van der Waals surface area (Å²) in [6.07, 6.45) is 3.35. The zero-order valence-electron chi connectivity index (χ0n) is 14.1. The normalized spacial score (nSPS) is 12.5. The first kappa shape index (κ1) is 19.6. The van der Waals surface area contributed by atoms with E-state index in [9.17, 15) is 9.59 Å². The van der Waals surface area contributed by atoms with Gasteiger partial charge in [0.25, 0.3) is 0 Å². The van der Waals surface area contributed by atoms with Crippen molar-refractivity contribution in [1.82, 2.24) is 9.97 Å². The number of carbonyl (C=O) groups excluding carboxylic acids is 2. The van der Waals surface area contributed by atoms with Gasteiger partial charge in [0.05, 0.1) is 36.3 Å². The summed E-state index contributed by atoms with van der Waals surface area (Å²) in [5.74, 6) is -0.324. The summed E-state index contributed by atoms with van der Waals surface area (Å²) in [5, 5.41) is 0. The molecule has 0 aliphatic rings. The van der Waals surface area contributed by atoms with Crippen LogP contribution in [0.1, 0.15) is 37.1 Å². The number of pyridine rings is 2. The number of carbonyl (C=O) groups is 2. The highest BCUT2D eigenvalue weighted by Gasteiger charge is 2.14. The van der Waals surface area contributed by atoms with Gasteiger partial charge < -0.3 is 11.5 Å². The van der Waals surface area contributed by atoms with Gasteiger partial charge in [-0.15, -0.1) is 0 Å². The fraction of sp³-hybridized carbons (Fsp3) is 0.333. The van der Waals surface area contributed by atoms with E-state index in [0.29, 0.717) is 0 Å². The van der Waals surface area contributed by atoms with Crippen molar-refractivity contribution in [3.05, 3.63) is 60.2 Å². The van der Waals surface area contributed by atoms with Crippen LogP contribution < -0.4 is 11.5 Å². The van der Waals surface area contributed by atoms with Crippen molar-refractivity contribution >= 4 is 11.6 Å². The third-order valence-electron chi connectivity index (χ3n) is 3.63. The number of hydrogen-bond acceptors (Lipinski definition) is 6. The first-order valence-corrected chi connectivity index (χ1v) is 7.78. The molecule has 0 amide bonds. The van der Waals surface area contributed by atoms with Crippen LogP contribution in [0.4, 0.5) is 0 Å². The molecule has 0 fully saturated rings. The molecule has 2 atom stereocenters. The lowest BCUT2D eigenvalue weighted by Gasteiger charge is -2.06. The maximum Gasteiger partial charge on any atom is 0.155 e. The van der Waals surface area contributed by atoms with Crippen LogP contribution in [0.25, 0.3) is 0 Å². The minimum atomic E-state index is -0.184. The first-order valence-electron chi connectivity index (χ1n) is 7.78. The fourth-order valence-corrected chi connectivity index (χ4v) is 1.95. The smallest absolute Gasteiger partial charge is 0.155 e. The number of Topliss-reactive ketones (excluding diaryl/α,β-unsaturated/α-hetero) is 2. The Bertz CT molecular complexity index is 574. The molecule has 128 valence electrons. The third-order valence-corrected chi connectivity index (χ3v) is 3.63. The second-order valence-electron chi connectivity index (χ2n) is 5.29. The Morgan fingerprint density at radius 1 is 0.833 bits per heavy atom. The molecule has 2 aromatic heterocycles. The summed E-state index contributed by atoms with van der Waals surface area (Å²) in [4.78, 5) is 30.4. The fourth-order valence-electron chi connectivity index (χ4n) is 1.95. The molecular formula is C18H24N4O2. The van der Waals surface area contributed by atoms with Gasteiger partial charge in [-0.2, -0.15) is 0 Å². The second-order valence-corrected chi connectivity index (χ2v) is 5.29. The van der Waals surface area contributed by atoms with Crippen molar-refractivity contribution in [3.8, 4) is 0 Å². The summed E-state index contributed by atoms with van der Waals surface area (Å²) < 4.78 is 0. The van der Waals surface area contributed by atoms with Crippen LogP contribution in [0.5, 0.6) is 0 Å². The minimum absolute atomic E-state index is 0.0219. The Morgan fingerprint density at radius 3 is 1.46 bits per heavy atom. The highest BCUT2D eigenvalue weighted by Crippen LogP contribution is 2.12. The molecule has 0 aliphatic carbocycles. The highest BCUT2D eigenvalue weighted by atomic mass is 16.1. The van der Waals surface area contributed by atoms with E-state index in [1.54, 1.807) is 12.4 Å². The Morgan fingerprint density at radius 2 is 1.21 bits per heavy atom. The number of ketones is 2. The lowest BCUT2D eigenvalue weighted by atomic mass is 10.0. The van der Waals surface area contributed by atoms with Crippen LogP contribution in [0, 0.1) is 0 Å². The molecule has 0 bridgehead atoms. The van der Waals surface area contributed by atoms with E-state index >= 15 is 0 Å². The largest absolute Gasteiger partial charge is 0.324 e. The zero-order valence-corrected chi connectivity index (χ0v) is 14.1. The number of rotatable bonds is 6. The van der Waals surface area contributed by atoms with E-state index in [0.717, 1.165) is 11.4 Å². The number of nitrogens with two attached hydrogens (primary N) is 2. The second kappa shape index (κ2) is 10.4. The maximum atomic E-state index is 11.1. The van der Waals surface area contributed by atoms with Crippen LogP contribution in [0.2, 0.25) is 0 Å². The Hall–Kier alpha value is -2.44. The molecule has 2 aromatic rings. The molecule has 0 saturated heterocycles. The molecule has 0 aromatic carbocycles. The van der Waals surface area contributed by atoms with Gasteiger partial charge in [-0.25, -0.2) is 0 Å². The first-order chi connectivity index (χ1) is 11.5. The molecular weight excluding hydrogens is 304 g/mol. The standard InChI is InChI=1S/2C9H12N2O/c2*1-7(9(12)6-10)8-4-2-3-5-11-8/h2*2-5,7H,6,10H2,1H3/t2*7-/m10/s1. The Balaban J connectivity index is 0.000000240. The molecule has 0 aliphatic heterocycles. The van der Waals surface area contributed by atoms with Gasteiger partial charge in [0.15, 0.2) is 11.6 Å². The molecule has 0 saturated carbocycles. The van der Waals surface area contributed by atoms with Crippen molar-refractivity contribution in [2.75, 3.05) is 13.1 Å². The van der Waals surface area contributed by atoms with E-state index in [1.165, 1.54) is 0 Å². The molecule has 0 radical (unpaired) electrons. The van der Waals surface area contributed by atoms with Gasteiger partial charge >= 0.3 is 0 Å². The summed E-state index contributed by atoms with van der Waals surface area (Å²) >= 11 is 0. The van der Waals surface area contributed by atoms with Crippen molar-refractivity contribution < 1.29 is 9.59 Å². The molecule has 24 heavy (non-hydrogen) atoms. The molecule has 6 heteroatoms. The van der Waals surface area contributed by atoms with Crippen LogP contribution in [0.15, 0.2) is 48.8 Å². The molecule has 6 nitrogen and oxygen atoms in total. The van der Waals surface area contributed by atoms with Crippen LogP contribution in [-0.2, 0) is 9.59 Å². The highest BCUT2D eigenvalue weighted by molar-refractivity contribution is 5.86. The van der Waals surface area contributed by atoms with Gasteiger partial charge in [0.1, 0.15) is 0 Å². The lowest BCUT2D eigenvalue weighted by molar-refractivity contribution is -0.119. The van der Waals surface area contributed by atoms with Crippen molar-refractivity contribution in [1.29, 1.82) is 0 Å². The summed E-state index contributed by atoms with van der Waals surface area (Å²) in [6, 6.07) is 11.0. The number of hydrogen-bond donors (Lipinski definition) is 2. The molecule has 4 N–H and O–H groups in total. The van der Waals surface area contributed by atoms with E-state index in [1.807, 2.05) is 50.2 Å². The summed E-state index contributed by atoms with van der Waals surface area (Å²) in [5.41, 5.74) is 12.0. The summed E-state index contributed by atoms with van der Waals surface area (Å²) in [6.45, 7) is 3.80. The molecule has 0 spiro atoms. The quantitative estimate of drug-likeness (QED) is 0.829. The monoisotopic (exact) mass is 328 g/mol. The molecule has 2 rings (SSSR count). The molecule has 0 unspecified atom stereocenters. The van der Waals surface area contributed by atoms with E-state index in [4.69, 9.17) is 11.5 Å². The third kappa shape index (κ3) is 5.98. The van der Waals surface area contributed by atoms with Gasteiger partial charge in [-0.05, 0) is 38.1 Å². The number of nitrogens with zero attached hydrogens (tertiary/aromatic N) is 2. The van der Waals surface area contributed by atoms with Gasteiger partial charge in [-0.3, -0.25) is 19.6 Å². The van der Waals surface area contributed by atoms with Gasteiger partial charge in [-0.1, -0.05) is 12.1 Å². The summed E-state index contributed by atoms with van der Waals surface area (Å²) in [7, 11) is 0. The lowest BCUT2D eigenvalue weighted by Crippen LogP contribution is -2.20. The van der Waals surface area contributed by atoms with Crippen molar-refractivity contribution in [2.45, 2.75) is 25.7 Å². The maximum absolute atomic E-state index is 11.1. The van der Waals surface area contributed by atoms with E-state index < -0.39 is 0 Å². The van der Waals surface area contributed by atoms with Gasteiger partial charge in [0, 0.05) is 12.4 Å². The van der Waals surface area contributed by atoms with Crippen LogP contribution >= 0.6 is 0 Å². The van der Waals surface area contributed by atoms with E-state index in [2.05, 4.69) is 9.97 Å². The topological polar surface area (TPSA) is 112 Å². The number of aromatic nitrogens is 2. The van der Waals surface area contributed by atoms with E-state index in [-0.39, 0.29) is 36.5 Å². The predicted molar refractivity (Wildman–Crippen MR) is 93.4 cm³/mol. The van der Waals surface area contributed by atoms with Crippen molar-refractivity contribution in [2.24, 2.45) is 11.5 Å². The SMILES string of the molecule is C[C@@H](C(=O)CN)c1ccccn1.C[C@H](C(=O)CN)c1ccccn1.